The molecule has 2 aromatic rings. The van der Waals surface area contributed by atoms with E-state index in [9.17, 15) is 0 Å². The second-order valence-electron chi connectivity index (χ2n) is 6.31. The highest BCUT2D eigenvalue weighted by atomic mass is 15.2. The highest BCUT2D eigenvalue weighted by Crippen LogP contribution is 2.32. The van der Waals surface area contributed by atoms with E-state index in [1.54, 1.807) is 0 Å². The Kier molecular flexibility index (Phi) is 4.74. The molecule has 1 aromatic carbocycles. The monoisotopic (exact) mass is 295 g/mol. The van der Waals surface area contributed by atoms with Crippen molar-refractivity contribution in [1.82, 2.24) is 9.88 Å². The molecule has 0 aliphatic carbocycles. The van der Waals surface area contributed by atoms with Crippen molar-refractivity contribution < 1.29 is 0 Å². The number of hydrogen-bond acceptors (Lipinski definition) is 3. The third-order valence-corrected chi connectivity index (χ3v) is 4.46. The van der Waals surface area contributed by atoms with Crippen LogP contribution in [0.4, 0.5) is 5.82 Å². The minimum Gasteiger partial charge on any atom is -0.363 e. The van der Waals surface area contributed by atoms with Gasteiger partial charge >= 0.3 is 0 Å². The Morgan fingerprint density at radius 3 is 2.59 bits per heavy atom. The molecular weight excluding hydrogens is 270 g/mol. The van der Waals surface area contributed by atoms with Crippen LogP contribution in [0.3, 0.4) is 0 Å². The smallest absolute Gasteiger partial charge is 0.127 e. The molecule has 0 amide bonds. The topological polar surface area (TPSA) is 19.4 Å². The fourth-order valence-corrected chi connectivity index (χ4v) is 3.23. The third kappa shape index (κ3) is 3.47. The van der Waals surface area contributed by atoms with Crippen molar-refractivity contribution in [3.63, 3.8) is 0 Å². The molecule has 0 radical (unpaired) electrons. The molecule has 1 aliphatic rings. The van der Waals surface area contributed by atoms with Crippen molar-refractivity contribution in [3.05, 3.63) is 59.8 Å². The first-order valence-corrected chi connectivity index (χ1v) is 8.15. The van der Waals surface area contributed by atoms with Crippen molar-refractivity contribution in [1.29, 1.82) is 0 Å². The van der Waals surface area contributed by atoms with E-state index in [4.69, 9.17) is 0 Å². The molecule has 22 heavy (non-hydrogen) atoms. The van der Waals surface area contributed by atoms with E-state index < -0.39 is 0 Å². The first-order chi connectivity index (χ1) is 10.7. The average Bonchev–Trinajstić information content (AvgIpc) is 2.56. The zero-order valence-electron chi connectivity index (χ0n) is 13.6. The van der Waals surface area contributed by atoms with Crippen molar-refractivity contribution in [2.45, 2.75) is 31.8 Å². The minimum absolute atomic E-state index is 0.498. The summed E-state index contributed by atoms with van der Waals surface area (Å²) >= 11 is 0. The Morgan fingerprint density at radius 1 is 1.09 bits per heavy atom. The van der Waals surface area contributed by atoms with Crippen molar-refractivity contribution in [3.8, 4) is 0 Å². The summed E-state index contributed by atoms with van der Waals surface area (Å²) in [6.07, 6.45) is 5.90. The summed E-state index contributed by atoms with van der Waals surface area (Å²) in [5, 5.41) is 0. The van der Waals surface area contributed by atoms with E-state index in [0.29, 0.717) is 6.04 Å². The molecule has 3 heteroatoms. The zero-order chi connectivity index (χ0) is 15.4. The summed E-state index contributed by atoms with van der Waals surface area (Å²) in [5.74, 6) is 1.02. The highest BCUT2D eigenvalue weighted by Gasteiger charge is 2.24. The van der Waals surface area contributed by atoms with Crippen LogP contribution in [-0.2, 0) is 6.54 Å². The predicted octanol–water partition coefficient (Wildman–Crippen LogP) is 3.87. The van der Waals surface area contributed by atoms with E-state index in [0.717, 1.165) is 12.4 Å². The van der Waals surface area contributed by atoms with Crippen LogP contribution >= 0.6 is 0 Å². The number of nitrogens with zero attached hydrogens (tertiary/aromatic N) is 3. The van der Waals surface area contributed by atoms with Gasteiger partial charge in [0.1, 0.15) is 5.82 Å². The molecule has 1 atom stereocenters. The molecule has 2 heterocycles. The van der Waals surface area contributed by atoms with Crippen LogP contribution in [-0.4, -0.2) is 30.5 Å². The Bertz CT molecular complexity index is 577. The number of pyridine rings is 1. The summed E-state index contributed by atoms with van der Waals surface area (Å²) in [7, 11) is 4.06. The van der Waals surface area contributed by atoms with E-state index in [-0.39, 0.29) is 0 Å². The summed E-state index contributed by atoms with van der Waals surface area (Å²) in [6.45, 7) is 2.20. The van der Waals surface area contributed by atoms with Gasteiger partial charge in [0.2, 0.25) is 0 Å². The molecule has 116 valence electrons. The lowest BCUT2D eigenvalue weighted by Gasteiger charge is -2.36. The van der Waals surface area contributed by atoms with E-state index in [1.807, 2.05) is 19.0 Å². The Hall–Kier alpha value is -1.87. The van der Waals surface area contributed by atoms with E-state index in [1.165, 1.54) is 36.9 Å². The summed E-state index contributed by atoms with van der Waals surface area (Å²) < 4.78 is 0. The van der Waals surface area contributed by atoms with Gasteiger partial charge in [-0.2, -0.15) is 0 Å². The third-order valence-electron chi connectivity index (χ3n) is 4.46. The Morgan fingerprint density at radius 2 is 1.91 bits per heavy atom. The zero-order valence-corrected chi connectivity index (χ0v) is 13.6. The largest absolute Gasteiger partial charge is 0.363 e. The maximum Gasteiger partial charge on any atom is 0.127 e. The second-order valence-corrected chi connectivity index (χ2v) is 6.31. The highest BCUT2D eigenvalue weighted by molar-refractivity contribution is 5.38. The van der Waals surface area contributed by atoms with Gasteiger partial charge in [0.25, 0.3) is 0 Å². The summed E-state index contributed by atoms with van der Waals surface area (Å²) in [5.41, 5.74) is 2.74. The molecule has 0 bridgehead atoms. The SMILES string of the molecule is CN(C)c1ccc([C@@H]2CCCCN2Cc2ccccc2)cn1. The van der Waals surface area contributed by atoms with Gasteiger partial charge in [-0.1, -0.05) is 42.8 Å². The number of piperidine rings is 1. The maximum absolute atomic E-state index is 4.59. The molecular formula is C19H25N3. The van der Waals surface area contributed by atoms with Gasteiger partial charge in [0, 0.05) is 32.9 Å². The van der Waals surface area contributed by atoms with Crippen LogP contribution < -0.4 is 4.90 Å². The van der Waals surface area contributed by atoms with Crippen LogP contribution in [0, 0.1) is 0 Å². The molecule has 3 nitrogen and oxygen atoms in total. The normalized spacial score (nSPS) is 19.1. The minimum atomic E-state index is 0.498. The standard InChI is InChI=1S/C19H25N3/c1-21(2)19-12-11-17(14-20-19)18-10-6-7-13-22(18)15-16-8-4-3-5-9-16/h3-5,8-9,11-12,14,18H,6-7,10,13,15H2,1-2H3/t18-/m0/s1. The molecule has 0 saturated carbocycles. The molecule has 1 aliphatic heterocycles. The average molecular weight is 295 g/mol. The van der Waals surface area contributed by atoms with Gasteiger partial charge in [-0.15, -0.1) is 0 Å². The van der Waals surface area contributed by atoms with Crippen molar-refractivity contribution in [2.24, 2.45) is 0 Å². The molecule has 0 spiro atoms. The number of benzene rings is 1. The first kappa shape index (κ1) is 15.0. The number of aromatic nitrogens is 1. The van der Waals surface area contributed by atoms with Gasteiger partial charge in [0.15, 0.2) is 0 Å². The van der Waals surface area contributed by atoms with Gasteiger partial charge in [0.05, 0.1) is 0 Å². The molecule has 0 unspecified atom stereocenters. The van der Waals surface area contributed by atoms with Gasteiger partial charge in [-0.05, 0) is 36.6 Å². The molecule has 1 aromatic heterocycles. The fraction of sp³-hybridized carbons (Fsp3) is 0.421. The van der Waals surface area contributed by atoms with Crippen molar-refractivity contribution in [2.75, 3.05) is 25.5 Å². The summed E-state index contributed by atoms with van der Waals surface area (Å²) in [4.78, 5) is 9.24. The van der Waals surface area contributed by atoms with E-state index >= 15 is 0 Å². The van der Waals surface area contributed by atoms with Crippen LogP contribution in [0.1, 0.15) is 36.4 Å². The van der Waals surface area contributed by atoms with Crippen LogP contribution in [0.2, 0.25) is 0 Å². The molecule has 1 fully saturated rings. The lowest BCUT2D eigenvalue weighted by atomic mass is 9.95. The molecule has 0 N–H and O–H groups in total. The number of rotatable bonds is 4. The quantitative estimate of drug-likeness (QED) is 0.853. The van der Waals surface area contributed by atoms with Gasteiger partial charge in [-0.3, -0.25) is 4.90 Å². The predicted molar refractivity (Wildman–Crippen MR) is 92.0 cm³/mol. The second kappa shape index (κ2) is 6.93. The van der Waals surface area contributed by atoms with Crippen LogP contribution in [0.5, 0.6) is 0 Å². The van der Waals surface area contributed by atoms with Gasteiger partial charge in [-0.25, -0.2) is 4.98 Å². The molecule has 1 saturated heterocycles. The molecule has 3 rings (SSSR count). The Balaban J connectivity index is 1.77. The Labute approximate surface area is 133 Å². The number of hydrogen-bond donors (Lipinski definition) is 0. The number of anilines is 1. The van der Waals surface area contributed by atoms with Crippen molar-refractivity contribution >= 4 is 5.82 Å². The maximum atomic E-state index is 4.59. The first-order valence-electron chi connectivity index (χ1n) is 8.15. The number of likely N-dealkylation sites (tertiary alicyclic amines) is 1. The summed E-state index contributed by atoms with van der Waals surface area (Å²) in [6, 6.07) is 15.7. The fourth-order valence-electron chi connectivity index (χ4n) is 3.23. The van der Waals surface area contributed by atoms with E-state index in [2.05, 4.69) is 58.5 Å². The lowest BCUT2D eigenvalue weighted by Crippen LogP contribution is -2.33. The van der Waals surface area contributed by atoms with Crippen LogP contribution in [0.15, 0.2) is 48.7 Å². The van der Waals surface area contributed by atoms with Crippen LogP contribution in [0.25, 0.3) is 0 Å². The van der Waals surface area contributed by atoms with Gasteiger partial charge < -0.3 is 4.90 Å². The lowest BCUT2D eigenvalue weighted by molar-refractivity contribution is 0.140.